The maximum Gasteiger partial charge on any atom is 0.158 e. The van der Waals surface area contributed by atoms with Gasteiger partial charge in [-0.15, -0.1) is 0 Å². The fourth-order valence-electron chi connectivity index (χ4n) is 1.28. The third-order valence-electron chi connectivity index (χ3n) is 2.68. The predicted molar refractivity (Wildman–Crippen MR) is 77.9 cm³/mol. The van der Waals surface area contributed by atoms with E-state index >= 15 is 0 Å². The summed E-state index contributed by atoms with van der Waals surface area (Å²) < 4.78 is 29.5. The Kier molecular flexibility index (Phi) is 4.84. The van der Waals surface area contributed by atoms with Gasteiger partial charge in [-0.1, -0.05) is 15.9 Å². The van der Waals surface area contributed by atoms with Gasteiger partial charge in [0.15, 0.2) is 9.84 Å². The smallest absolute Gasteiger partial charge is 0.158 e. The summed E-state index contributed by atoms with van der Waals surface area (Å²) in [5.74, 6) is 0.728. The fourth-order valence-corrected chi connectivity index (χ4v) is 2.44. The summed E-state index contributed by atoms with van der Waals surface area (Å²) in [6, 6.07) is 5.59. The highest BCUT2D eigenvalue weighted by molar-refractivity contribution is 9.10. The lowest BCUT2D eigenvalue weighted by Gasteiger charge is -2.19. The van der Waals surface area contributed by atoms with E-state index in [2.05, 4.69) is 15.9 Å². The van der Waals surface area contributed by atoms with E-state index in [9.17, 15) is 8.42 Å². The van der Waals surface area contributed by atoms with Crippen LogP contribution in [-0.4, -0.2) is 25.5 Å². The molecule has 0 N–H and O–H groups in total. The molecule has 0 heterocycles. The second kappa shape index (κ2) is 5.61. The van der Waals surface area contributed by atoms with Crippen molar-refractivity contribution in [1.29, 1.82) is 0 Å². The second-order valence-corrected chi connectivity index (χ2v) is 8.91. The Bertz CT molecular complexity index is 516. The Morgan fingerprint density at radius 3 is 2.39 bits per heavy atom. The molecule has 0 aliphatic carbocycles. The highest BCUT2D eigenvalue weighted by atomic mass is 79.9. The SMILES string of the molecule is Cc1cc(OCCS(=O)(=O)C(C)(C)C)ccc1Br. The molecule has 0 saturated heterocycles. The molecule has 18 heavy (non-hydrogen) atoms. The lowest BCUT2D eigenvalue weighted by molar-refractivity contribution is 0.339. The zero-order chi connectivity index (χ0) is 14.0. The number of rotatable bonds is 4. The first-order chi connectivity index (χ1) is 8.13. The van der Waals surface area contributed by atoms with Gasteiger partial charge in [-0.2, -0.15) is 0 Å². The highest BCUT2D eigenvalue weighted by Crippen LogP contribution is 2.22. The third kappa shape index (κ3) is 3.99. The van der Waals surface area contributed by atoms with Crippen LogP contribution in [0.15, 0.2) is 22.7 Å². The van der Waals surface area contributed by atoms with Gasteiger partial charge in [0, 0.05) is 4.47 Å². The summed E-state index contributed by atoms with van der Waals surface area (Å²) in [5, 5.41) is 0. The molecule has 5 heteroatoms. The molecule has 0 atom stereocenters. The van der Waals surface area contributed by atoms with Crippen LogP contribution in [0.4, 0.5) is 0 Å². The van der Waals surface area contributed by atoms with Crippen LogP contribution in [0, 0.1) is 6.92 Å². The molecule has 0 spiro atoms. The van der Waals surface area contributed by atoms with Crippen LogP contribution in [0.2, 0.25) is 0 Å². The van der Waals surface area contributed by atoms with Gasteiger partial charge in [-0.05, 0) is 51.5 Å². The molecule has 3 nitrogen and oxygen atoms in total. The van der Waals surface area contributed by atoms with Gasteiger partial charge in [0.1, 0.15) is 12.4 Å². The Labute approximate surface area is 118 Å². The molecule has 0 fully saturated rings. The first-order valence-electron chi connectivity index (χ1n) is 5.75. The molecular formula is C13H19BrO3S. The van der Waals surface area contributed by atoms with Crippen LogP contribution in [0.5, 0.6) is 5.75 Å². The normalized spacial score (nSPS) is 12.5. The molecule has 1 aromatic carbocycles. The van der Waals surface area contributed by atoms with Gasteiger partial charge in [0.05, 0.1) is 10.5 Å². The highest BCUT2D eigenvalue weighted by Gasteiger charge is 2.28. The minimum Gasteiger partial charge on any atom is -0.493 e. The molecule has 0 bridgehead atoms. The number of hydrogen-bond donors (Lipinski definition) is 0. The molecule has 0 radical (unpaired) electrons. The molecule has 0 saturated carbocycles. The van der Waals surface area contributed by atoms with Crippen LogP contribution >= 0.6 is 15.9 Å². The maximum atomic E-state index is 11.9. The van der Waals surface area contributed by atoms with Gasteiger partial charge in [0.2, 0.25) is 0 Å². The van der Waals surface area contributed by atoms with Crippen LogP contribution in [0.25, 0.3) is 0 Å². The quantitative estimate of drug-likeness (QED) is 0.847. The fraction of sp³-hybridized carbons (Fsp3) is 0.538. The van der Waals surface area contributed by atoms with E-state index in [0.29, 0.717) is 5.75 Å². The molecule has 1 aromatic rings. The molecule has 102 valence electrons. The maximum absolute atomic E-state index is 11.9. The van der Waals surface area contributed by atoms with Crippen molar-refractivity contribution in [3.63, 3.8) is 0 Å². The zero-order valence-electron chi connectivity index (χ0n) is 11.2. The van der Waals surface area contributed by atoms with Gasteiger partial charge in [-0.25, -0.2) is 8.42 Å². The molecule has 0 unspecified atom stereocenters. The van der Waals surface area contributed by atoms with Crippen LogP contribution in [0.3, 0.4) is 0 Å². The minimum absolute atomic E-state index is 0.0333. The largest absolute Gasteiger partial charge is 0.493 e. The number of halogens is 1. The van der Waals surface area contributed by atoms with Crippen LogP contribution in [-0.2, 0) is 9.84 Å². The number of aryl methyl sites for hydroxylation is 1. The summed E-state index contributed by atoms with van der Waals surface area (Å²) in [7, 11) is -3.12. The number of hydrogen-bond acceptors (Lipinski definition) is 3. The summed E-state index contributed by atoms with van der Waals surface area (Å²) in [4.78, 5) is 0. The number of benzene rings is 1. The monoisotopic (exact) mass is 334 g/mol. The van der Waals surface area contributed by atoms with E-state index in [1.807, 2.05) is 25.1 Å². The average Bonchev–Trinajstić information content (AvgIpc) is 2.21. The third-order valence-corrected chi connectivity index (χ3v) is 6.14. The molecular weight excluding hydrogens is 316 g/mol. The predicted octanol–water partition coefficient (Wildman–Crippen LogP) is 3.35. The Hall–Kier alpha value is -0.550. The van der Waals surface area contributed by atoms with Crippen molar-refractivity contribution in [3.8, 4) is 5.75 Å². The van der Waals surface area contributed by atoms with Gasteiger partial charge >= 0.3 is 0 Å². The van der Waals surface area contributed by atoms with Gasteiger partial charge < -0.3 is 4.74 Å². The number of sulfone groups is 1. The Morgan fingerprint density at radius 2 is 1.89 bits per heavy atom. The van der Waals surface area contributed by atoms with Crippen molar-refractivity contribution >= 4 is 25.8 Å². The molecule has 0 aliphatic rings. The van der Waals surface area contributed by atoms with Crippen molar-refractivity contribution < 1.29 is 13.2 Å². The van der Waals surface area contributed by atoms with Crippen molar-refractivity contribution in [2.24, 2.45) is 0 Å². The number of ether oxygens (including phenoxy) is 1. The van der Waals surface area contributed by atoms with E-state index in [-0.39, 0.29) is 12.4 Å². The topological polar surface area (TPSA) is 43.4 Å². The average molecular weight is 335 g/mol. The Balaban J connectivity index is 2.60. The lowest BCUT2D eigenvalue weighted by Crippen LogP contribution is -2.32. The first-order valence-corrected chi connectivity index (χ1v) is 8.19. The standard InChI is InChI=1S/C13H19BrO3S/c1-10-9-11(5-6-12(10)14)17-7-8-18(15,16)13(2,3)4/h5-6,9H,7-8H2,1-4H3. The molecule has 1 rings (SSSR count). The van der Waals surface area contributed by atoms with Crippen molar-refractivity contribution in [2.75, 3.05) is 12.4 Å². The zero-order valence-corrected chi connectivity index (χ0v) is 13.6. The lowest BCUT2D eigenvalue weighted by atomic mass is 10.2. The summed E-state index contributed by atoms with van der Waals surface area (Å²) in [5.41, 5.74) is 1.06. The first kappa shape index (κ1) is 15.5. The molecule has 0 aliphatic heterocycles. The molecule has 0 amide bonds. The Morgan fingerprint density at radius 1 is 1.28 bits per heavy atom. The minimum atomic E-state index is -3.12. The van der Waals surface area contributed by atoms with Crippen molar-refractivity contribution in [3.05, 3.63) is 28.2 Å². The van der Waals surface area contributed by atoms with E-state index in [0.717, 1.165) is 10.0 Å². The van der Waals surface area contributed by atoms with Crippen molar-refractivity contribution in [1.82, 2.24) is 0 Å². The summed E-state index contributed by atoms with van der Waals surface area (Å²) >= 11 is 3.40. The van der Waals surface area contributed by atoms with E-state index in [1.54, 1.807) is 20.8 Å². The molecule has 0 aromatic heterocycles. The van der Waals surface area contributed by atoms with Crippen molar-refractivity contribution in [2.45, 2.75) is 32.4 Å². The van der Waals surface area contributed by atoms with E-state index in [4.69, 9.17) is 4.74 Å². The summed E-state index contributed by atoms with van der Waals surface area (Å²) in [6.07, 6.45) is 0. The second-order valence-electron chi connectivity index (χ2n) is 5.19. The van der Waals surface area contributed by atoms with Gasteiger partial charge in [0.25, 0.3) is 0 Å². The van der Waals surface area contributed by atoms with Crippen LogP contribution < -0.4 is 4.74 Å². The van der Waals surface area contributed by atoms with E-state index < -0.39 is 14.6 Å². The summed E-state index contributed by atoms with van der Waals surface area (Å²) in [6.45, 7) is 7.24. The van der Waals surface area contributed by atoms with Crippen LogP contribution in [0.1, 0.15) is 26.3 Å². The van der Waals surface area contributed by atoms with Gasteiger partial charge in [-0.3, -0.25) is 0 Å². The van der Waals surface area contributed by atoms with E-state index in [1.165, 1.54) is 0 Å².